The molecule has 0 aromatic heterocycles. The van der Waals surface area contributed by atoms with Crippen LogP contribution in [0.25, 0.3) is 0 Å². The summed E-state index contributed by atoms with van der Waals surface area (Å²) in [6, 6.07) is 11.6. The molecule has 0 aliphatic carbocycles. The van der Waals surface area contributed by atoms with Crippen molar-refractivity contribution in [3.8, 4) is 5.75 Å². The van der Waals surface area contributed by atoms with E-state index in [1.807, 2.05) is 0 Å². The summed E-state index contributed by atoms with van der Waals surface area (Å²) in [6.45, 7) is 0. The average molecular weight is 366 g/mol. The number of hydrogen-bond acceptors (Lipinski definition) is 4. The van der Waals surface area contributed by atoms with Gasteiger partial charge in [-0.3, -0.25) is 9.59 Å². The van der Waals surface area contributed by atoms with Crippen molar-refractivity contribution in [2.24, 2.45) is 5.10 Å². The highest BCUT2D eigenvalue weighted by Crippen LogP contribution is 2.25. The highest BCUT2D eigenvalue weighted by molar-refractivity contribution is 6.42. The van der Waals surface area contributed by atoms with Crippen LogP contribution >= 0.6 is 23.2 Å². The third kappa shape index (κ3) is 4.97. The van der Waals surface area contributed by atoms with Crippen molar-refractivity contribution in [1.29, 1.82) is 0 Å². The minimum atomic E-state index is -0.940. The molecule has 0 bridgehead atoms. The molecule has 2 aromatic carbocycles. The van der Waals surface area contributed by atoms with Gasteiger partial charge >= 0.3 is 11.8 Å². The lowest BCUT2D eigenvalue weighted by molar-refractivity contribution is -0.136. The number of benzene rings is 2. The van der Waals surface area contributed by atoms with E-state index in [9.17, 15) is 9.59 Å². The van der Waals surface area contributed by atoms with E-state index in [4.69, 9.17) is 27.9 Å². The predicted molar refractivity (Wildman–Crippen MR) is 93.8 cm³/mol. The fourth-order valence-corrected chi connectivity index (χ4v) is 2.05. The summed E-state index contributed by atoms with van der Waals surface area (Å²) < 4.78 is 5.07. The number of carbonyl (C=O) groups excluding carboxylic acids is 2. The fraction of sp³-hybridized carbons (Fsp3) is 0.0625. The van der Waals surface area contributed by atoms with Gasteiger partial charge in [-0.25, -0.2) is 5.43 Å². The van der Waals surface area contributed by atoms with Crippen molar-refractivity contribution in [1.82, 2.24) is 5.43 Å². The second kappa shape index (κ2) is 8.33. The van der Waals surface area contributed by atoms with Gasteiger partial charge in [0.25, 0.3) is 0 Å². The zero-order chi connectivity index (χ0) is 17.5. The molecule has 0 saturated carbocycles. The van der Waals surface area contributed by atoms with Gasteiger partial charge in [0.15, 0.2) is 0 Å². The quantitative estimate of drug-likeness (QED) is 0.496. The number of anilines is 1. The molecule has 8 heteroatoms. The molecule has 6 nitrogen and oxygen atoms in total. The molecule has 124 valence electrons. The van der Waals surface area contributed by atoms with Crippen LogP contribution < -0.4 is 15.5 Å². The van der Waals surface area contributed by atoms with E-state index < -0.39 is 11.8 Å². The van der Waals surface area contributed by atoms with Crippen LogP contribution in [0.2, 0.25) is 10.0 Å². The van der Waals surface area contributed by atoms with Crippen LogP contribution in [0.3, 0.4) is 0 Å². The third-order valence-corrected chi connectivity index (χ3v) is 3.42. The number of nitrogens with zero attached hydrogens (tertiary/aromatic N) is 1. The van der Waals surface area contributed by atoms with Crippen LogP contribution in [0.5, 0.6) is 5.75 Å². The minimum absolute atomic E-state index is 0.237. The Kier molecular flexibility index (Phi) is 6.17. The Morgan fingerprint density at radius 2 is 1.92 bits per heavy atom. The molecule has 0 unspecified atom stereocenters. The van der Waals surface area contributed by atoms with Crippen molar-refractivity contribution in [3.05, 3.63) is 58.1 Å². The first-order valence-electron chi connectivity index (χ1n) is 6.73. The predicted octanol–water partition coefficient (Wildman–Crippen LogP) is 3.09. The first-order valence-corrected chi connectivity index (χ1v) is 7.48. The maximum Gasteiger partial charge on any atom is 0.329 e. The summed E-state index contributed by atoms with van der Waals surface area (Å²) in [4.78, 5) is 23.5. The Morgan fingerprint density at radius 1 is 1.12 bits per heavy atom. The summed E-state index contributed by atoms with van der Waals surface area (Å²) >= 11 is 11.7. The van der Waals surface area contributed by atoms with Gasteiger partial charge in [0.1, 0.15) is 5.75 Å². The zero-order valence-corrected chi connectivity index (χ0v) is 14.1. The maximum absolute atomic E-state index is 11.8. The number of carbonyl (C=O) groups is 2. The average Bonchev–Trinajstić information content (AvgIpc) is 2.58. The molecular weight excluding hydrogens is 353 g/mol. The molecule has 0 atom stereocenters. The molecule has 2 N–H and O–H groups in total. The first kappa shape index (κ1) is 17.8. The van der Waals surface area contributed by atoms with E-state index in [1.165, 1.54) is 18.3 Å². The lowest BCUT2D eigenvalue weighted by atomic mass is 10.2. The molecule has 0 fully saturated rings. The summed E-state index contributed by atoms with van der Waals surface area (Å²) in [5.41, 5.74) is 3.06. The van der Waals surface area contributed by atoms with Crippen LogP contribution in [-0.4, -0.2) is 25.1 Å². The van der Waals surface area contributed by atoms with E-state index in [1.54, 1.807) is 37.4 Å². The van der Waals surface area contributed by atoms with E-state index in [2.05, 4.69) is 15.8 Å². The smallest absolute Gasteiger partial charge is 0.329 e. The topological polar surface area (TPSA) is 79.8 Å². The number of ether oxygens (including phenoxy) is 1. The summed E-state index contributed by atoms with van der Waals surface area (Å²) in [5, 5.41) is 6.72. The van der Waals surface area contributed by atoms with Gasteiger partial charge in [0, 0.05) is 5.02 Å². The molecule has 0 spiro atoms. The number of hydrazone groups is 1. The largest absolute Gasteiger partial charge is 0.497 e. The molecule has 0 radical (unpaired) electrons. The summed E-state index contributed by atoms with van der Waals surface area (Å²) in [7, 11) is 1.54. The van der Waals surface area contributed by atoms with Crippen LogP contribution in [0, 0.1) is 0 Å². The van der Waals surface area contributed by atoms with Gasteiger partial charge in [0.2, 0.25) is 0 Å². The molecule has 0 saturated heterocycles. The van der Waals surface area contributed by atoms with Crippen LogP contribution in [0.1, 0.15) is 5.56 Å². The summed E-state index contributed by atoms with van der Waals surface area (Å²) in [5.74, 6) is -1.20. The standard InChI is InChI=1S/C16H13Cl2N3O3/c1-24-12-4-2-3-10(7-12)9-19-21-16(23)15(22)20-14-8-11(17)5-6-13(14)18/h2-9H,1H3,(H,20,22)(H,21,23)/b19-9+. The number of halogens is 2. The van der Waals surface area contributed by atoms with E-state index >= 15 is 0 Å². The van der Waals surface area contributed by atoms with Gasteiger partial charge in [-0.1, -0.05) is 35.3 Å². The second-order valence-corrected chi connectivity index (χ2v) is 5.40. The van der Waals surface area contributed by atoms with E-state index in [-0.39, 0.29) is 10.7 Å². The van der Waals surface area contributed by atoms with Crippen molar-refractivity contribution in [2.45, 2.75) is 0 Å². The number of nitrogens with one attached hydrogen (secondary N) is 2. The van der Waals surface area contributed by atoms with Gasteiger partial charge in [-0.2, -0.15) is 5.10 Å². The molecule has 2 amide bonds. The van der Waals surface area contributed by atoms with E-state index in [0.29, 0.717) is 16.3 Å². The fourth-order valence-electron chi connectivity index (χ4n) is 1.71. The first-order chi connectivity index (χ1) is 11.5. The Bertz CT molecular complexity index is 794. The SMILES string of the molecule is COc1cccc(/C=N/NC(=O)C(=O)Nc2cc(Cl)ccc2Cl)c1. The van der Waals surface area contributed by atoms with Crippen molar-refractivity contribution in [2.75, 3.05) is 12.4 Å². The van der Waals surface area contributed by atoms with Crippen LogP contribution in [0.4, 0.5) is 5.69 Å². The van der Waals surface area contributed by atoms with Gasteiger partial charge in [-0.15, -0.1) is 0 Å². The number of hydrogen-bond donors (Lipinski definition) is 2. The third-order valence-electron chi connectivity index (χ3n) is 2.86. The summed E-state index contributed by atoms with van der Waals surface area (Å²) in [6.07, 6.45) is 1.39. The molecule has 0 aliphatic heterocycles. The van der Waals surface area contributed by atoms with Crippen LogP contribution in [-0.2, 0) is 9.59 Å². The van der Waals surface area contributed by atoms with Crippen molar-refractivity contribution >= 4 is 46.9 Å². The van der Waals surface area contributed by atoms with Gasteiger partial charge in [-0.05, 0) is 35.9 Å². The minimum Gasteiger partial charge on any atom is -0.497 e. The Hall–Kier alpha value is -2.57. The number of methoxy groups -OCH3 is 1. The normalized spacial score (nSPS) is 10.5. The molecule has 2 aromatic rings. The highest BCUT2D eigenvalue weighted by Gasteiger charge is 2.14. The van der Waals surface area contributed by atoms with Gasteiger partial charge < -0.3 is 10.1 Å². The highest BCUT2D eigenvalue weighted by atomic mass is 35.5. The monoisotopic (exact) mass is 365 g/mol. The maximum atomic E-state index is 11.8. The molecule has 2 rings (SSSR count). The van der Waals surface area contributed by atoms with Crippen LogP contribution in [0.15, 0.2) is 47.6 Å². The molecule has 24 heavy (non-hydrogen) atoms. The second-order valence-electron chi connectivity index (χ2n) is 4.55. The van der Waals surface area contributed by atoms with Crippen molar-refractivity contribution < 1.29 is 14.3 Å². The zero-order valence-electron chi connectivity index (χ0n) is 12.5. The lowest BCUT2D eigenvalue weighted by Gasteiger charge is -2.06. The Balaban J connectivity index is 1.95. The lowest BCUT2D eigenvalue weighted by Crippen LogP contribution is -2.32. The van der Waals surface area contributed by atoms with E-state index in [0.717, 1.165) is 0 Å². The number of amides is 2. The molecule has 0 aliphatic rings. The van der Waals surface area contributed by atoms with Crippen molar-refractivity contribution in [3.63, 3.8) is 0 Å². The molecular formula is C16H13Cl2N3O3. The Morgan fingerprint density at radius 3 is 2.67 bits per heavy atom. The van der Waals surface area contributed by atoms with Gasteiger partial charge in [0.05, 0.1) is 24.0 Å². The number of rotatable bonds is 4. The molecule has 0 heterocycles. The Labute approximate surface area is 148 Å².